The summed E-state index contributed by atoms with van der Waals surface area (Å²) in [7, 11) is 0. The number of hydrogen-bond acceptors (Lipinski definition) is 3. The molecule has 23 heavy (non-hydrogen) atoms. The van der Waals surface area contributed by atoms with Gasteiger partial charge in [0.15, 0.2) is 0 Å². The van der Waals surface area contributed by atoms with E-state index in [9.17, 15) is 10.2 Å². The molecule has 0 radical (unpaired) electrons. The first-order chi connectivity index (χ1) is 10.6. The van der Waals surface area contributed by atoms with Crippen molar-refractivity contribution in [2.75, 3.05) is 6.54 Å². The van der Waals surface area contributed by atoms with Crippen LogP contribution in [0.15, 0.2) is 42.5 Å². The Kier molecular flexibility index (Phi) is 6.31. The minimum Gasteiger partial charge on any atom is -0.508 e. The van der Waals surface area contributed by atoms with E-state index in [4.69, 9.17) is 11.6 Å². The van der Waals surface area contributed by atoms with Crippen molar-refractivity contribution in [2.24, 2.45) is 0 Å². The van der Waals surface area contributed by atoms with E-state index in [1.807, 2.05) is 24.3 Å². The van der Waals surface area contributed by atoms with Gasteiger partial charge in [-0.15, -0.1) is 12.4 Å². The Hall–Kier alpha value is -1.26. The zero-order valence-corrected chi connectivity index (χ0v) is 14.3. The summed E-state index contributed by atoms with van der Waals surface area (Å²) in [5, 5.41) is 23.9. The quantitative estimate of drug-likeness (QED) is 0.786. The van der Waals surface area contributed by atoms with Crippen LogP contribution in [0, 0.1) is 0 Å². The first-order valence-corrected chi connectivity index (χ1v) is 7.97. The third kappa shape index (κ3) is 4.61. The number of aryl methyl sites for hydroxylation is 1. The maximum absolute atomic E-state index is 10.3. The molecule has 0 bridgehead atoms. The highest BCUT2D eigenvalue weighted by Gasteiger charge is 2.19. The fraction of sp³-hybridized carbons (Fsp3) is 0.333. The molecule has 0 aliphatic heterocycles. The zero-order chi connectivity index (χ0) is 15.5. The van der Waals surface area contributed by atoms with Crippen LogP contribution in [0.25, 0.3) is 0 Å². The molecular weight excluding hydrogens is 333 g/mol. The maximum atomic E-state index is 10.3. The molecule has 1 aliphatic carbocycles. The number of aliphatic hydroxyl groups is 1. The van der Waals surface area contributed by atoms with Crippen LogP contribution in [0.2, 0.25) is 5.02 Å². The topological polar surface area (TPSA) is 52.5 Å². The lowest BCUT2D eigenvalue weighted by atomic mass is 9.88. The molecule has 2 atom stereocenters. The van der Waals surface area contributed by atoms with Crippen molar-refractivity contribution in [3.8, 4) is 5.75 Å². The number of benzene rings is 2. The fourth-order valence-corrected chi connectivity index (χ4v) is 3.23. The van der Waals surface area contributed by atoms with E-state index in [1.165, 1.54) is 11.1 Å². The third-order valence-corrected chi connectivity index (χ3v) is 4.49. The number of phenols is 1. The summed E-state index contributed by atoms with van der Waals surface area (Å²) in [6.07, 6.45) is 2.36. The number of halogens is 2. The van der Waals surface area contributed by atoms with Gasteiger partial charge < -0.3 is 15.5 Å². The smallest absolute Gasteiger partial charge is 0.115 e. The van der Waals surface area contributed by atoms with E-state index >= 15 is 0 Å². The van der Waals surface area contributed by atoms with Crippen molar-refractivity contribution in [1.29, 1.82) is 0 Å². The average Bonchev–Trinajstić information content (AvgIpc) is 2.52. The summed E-state index contributed by atoms with van der Waals surface area (Å²) < 4.78 is 0. The second-order valence-electron chi connectivity index (χ2n) is 5.87. The summed E-state index contributed by atoms with van der Waals surface area (Å²) >= 11 is 5.95. The Balaban J connectivity index is 0.00000192. The van der Waals surface area contributed by atoms with Crippen LogP contribution in [0.5, 0.6) is 5.75 Å². The van der Waals surface area contributed by atoms with Gasteiger partial charge in [-0.25, -0.2) is 0 Å². The van der Waals surface area contributed by atoms with Crippen molar-refractivity contribution >= 4 is 24.0 Å². The van der Waals surface area contributed by atoms with E-state index < -0.39 is 6.10 Å². The predicted molar refractivity (Wildman–Crippen MR) is 95.6 cm³/mol. The SMILES string of the molecule is Cl.Oc1ccc2c(c1)CC(NCC(O)c1cccc(Cl)c1)CC2. The Bertz CT molecular complexity index is 663. The van der Waals surface area contributed by atoms with Gasteiger partial charge in [-0.1, -0.05) is 29.8 Å². The Morgan fingerprint density at radius 3 is 2.78 bits per heavy atom. The van der Waals surface area contributed by atoms with Crippen LogP contribution in [-0.2, 0) is 12.8 Å². The zero-order valence-electron chi connectivity index (χ0n) is 12.7. The minimum absolute atomic E-state index is 0. The molecule has 0 spiro atoms. The molecule has 3 N–H and O–H groups in total. The number of hydrogen-bond donors (Lipinski definition) is 3. The normalized spacial score (nSPS) is 17.9. The second kappa shape index (κ2) is 8.02. The van der Waals surface area contributed by atoms with Crippen molar-refractivity contribution in [3.05, 3.63) is 64.2 Å². The van der Waals surface area contributed by atoms with Gasteiger partial charge in [0.1, 0.15) is 5.75 Å². The van der Waals surface area contributed by atoms with E-state index in [1.54, 1.807) is 18.2 Å². The van der Waals surface area contributed by atoms with Crippen LogP contribution in [0.3, 0.4) is 0 Å². The molecule has 0 heterocycles. The summed E-state index contributed by atoms with van der Waals surface area (Å²) in [6.45, 7) is 0.499. The number of rotatable bonds is 4. The van der Waals surface area contributed by atoms with Gasteiger partial charge in [-0.3, -0.25) is 0 Å². The van der Waals surface area contributed by atoms with Gasteiger partial charge >= 0.3 is 0 Å². The van der Waals surface area contributed by atoms with Crippen molar-refractivity contribution in [1.82, 2.24) is 5.32 Å². The van der Waals surface area contributed by atoms with Crippen LogP contribution in [0.1, 0.15) is 29.2 Å². The molecule has 2 aromatic rings. The number of phenolic OH excluding ortho intramolecular Hbond substituents is 1. The Morgan fingerprint density at radius 2 is 2.00 bits per heavy atom. The number of fused-ring (bicyclic) bond motifs is 1. The van der Waals surface area contributed by atoms with Crippen LogP contribution < -0.4 is 5.32 Å². The highest BCUT2D eigenvalue weighted by atomic mass is 35.5. The summed E-state index contributed by atoms with van der Waals surface area (Å²) in [4.78, 5) is 0. The molecule has 2 aromatic carbocycles. The number of aromatic hydroxyl groups is 1. The molecule has 0 saturated heterocycles. The van der Waals surface area contributed by atoms with E-state index in [2.05, 4.69) is 5.32 Å². The minimum atomic E-state index is -0.565. The molecule has 0 saturated carbocycles. The lowest BCUT2D eigenvalue weighted by Crippen LogP contribution is -2.37. The largest absolute Gasteiger partial charge is 0.508 e. The van der Waals surface area contributed by atoms with Gasteiger partial charge in [-0.05, 0) is 60.2 Å². The fourth-order valence-electron chi connectivity index (χ4n) is 3.03. The van der Waals surface area contributed by atoms with Gasteiger partial charge in [0.2, 0.25) is 0 Å². The first kappa shape index (κ1) is 18.1. The van der Waals surface area contributed by atoms with E-state index in [0.29, 0.717) is 23.4 Å². The van der Waals surface area contributed by atoms with Crippen molar-refractivity contribution in [2.45, 2.75) is 31.4 Å². The summed E-state index contributed by atoms with van der Waals surface area (Å²) in [5.74, 6) is 0.318. The third-order valence-electron chi connectivity index (χ3n) is 4.25. The molecular formula is C18H21Cl2NO2. The monoisotopic (exact) mass is 353 g/mol. The molecule has 1 aliphatic rings. The predicted octanol–water partition coefficient (Wildman–Crippen LogP) is 3.65. The van der Waals surface area contributed by atoms with Gasteiger partial charge in [-0.2, -0.15) is 0 Å². The van der Waals surface area contributed by atoms with Gasteiger partial charge in [0.25, 0.3) is 0 Å². The first-order valence-electron chi connectivity index (χ1n) is 7.59. The van der Waals surface area contributed by atoms with Crippen LogP contribution in [0.4, 0.5) is 0 Å². The highest BCUT2D eigenvalue weighted by Crippen LogP contribution is 2.25. The molecule has 0 fully saturated rings. The number of aliphatic hydroxyl groups excluding tert-OH is 1. The Labute approximate surface area is 147 Å². The number of nitrogens with one attached hydrogen (secondary N) is 1. The molecule has 2 unspecified atom stereocenters. The molecule has 3 nitrogen and oxygen atoms in total. The molecule has 3 rings (SSSR count). The second-order valence-corrected chi connectivity index (χ2v) is 6.31. The lowest BCUT2D eigenvalue weighted by molar-refractivity contribution is 0.168. The summed E-state index contributed by atoms with van der Waals surface area (Å²) in [6, 6.07) is 13.2. The average molecular weight is 354 g/mol. The summed E-state index contributed by atoms with van der Waals surface area (Å²) in [5.41, 5.74) is 3.33. The Morgan fingerprint density at radius 1 is 1.17 bits per heavy atom. The molecule has 0 amide bonds. The molecule has 124 valence electrons. The highest BCUT2D eigenvalue weighted by molar-refractivity contribution is 6.30. The van der Waals surface area contributed by atoms with E-state index in [-0.39, 0.29) is 12.4 Å². The standard InChI is InChI=1S/C18H20ClNO2.ClH/c19-15-3-1-2-13(8-15)18(22)11-20-16-6-4-12-5-7-17(21)10-14(12)9-16;/h1-3,5,7-8,10,16,18,20-22H,4,6,9,11H2;1H. The maximum Gasteiger partial charge on any atom is 0.115 e. The van der Waals surface area contributed by atoms with Crippen LogP contribution in [-0.4, -0.2) is 22.8 Å². The lowest BCUT2D eigenvalue weighted by Gasteiger charge is -2.26. The van der Waals surface area contributed by atoms with Gasteiger partial charge in [0.05, 0.1) is 6.10 Å². The molecule has 5 heteroatoms. The van der Waals surface area contributed by atoms with E-state index in [0.717, 1.165) is 24.8 Å². The van der Waals surface area contributed by atoms with Crippen molar-refractivity contribution in [3.63, 3.8) is 0 Å². The molecule has 0 aromatic heterocycles. The van der Waals surface area contributed by atoms with Crippen molar-refractivity contribution < 1.29 is 10.2 Å². The van der Waals surface area contributed by atoms with Crippen LogP contribution >= 0.6 is 24.0 Å². The van der Waals surface area contributed by atoms with Gasteiger partial charge in [0, 0.05) is 17.6 Å².